The number of carbonyl (C=O) groups is 1. The predicted octanol–water partition coefficient (Wildman–Crippen LogP) is 0.944. The molecule has 1 aliphatic rings. The molecule has 0 aliphatic carbocycles. The summed E-state index contributed by atoms with van der Waals surface area (Å²) in [5, 5.41) is 0.460. The van der Waals surface area contributed by atoms with Crippen LogP contribution in [-0.4, -0.2) is 60.7 Å². The van der Waals surface area contributed by atoms with Crippen molar-refractivity contribution in [1.29, 1.82) is 0 Å². The standard InChI is InChI=1S/C17H21FN4O3S/c1-12-11-21(16(23)8-19)6-3-7-22(12)26(24,25)15-5-2-4-13-9-20-10-14(18)17(13)15/h2,4-5,9-10,12H,3,6-8,11,19H2,1H3/t12-/m0/s1. The lowest BCUT2D eigenvalue weighted by molar-refractivity contribution is -0.129. The van der Waals surface area contributed by atoms with Gasteiger partial charge in [-0.15, -0.1) is 0 Å². The molecule has 7 nitrogen and oxygen atoms in total. The molecule has 3 rings (SSSR count). The number of carbonyl (C=O) groups excluding carboxylic acids is 1. The van der Waals surface area contributed by atoms with E-state index in [9.17, 15) is 17.6 Å². The first-order valence-electron chi connectivity index (χ1n) is 8.38. The van der Waals surface area contributed by atoms with E-state index in [1.165, 1.54) is 16.6 Å². The first kappa shape index (κ1) is 18.7. The highest BCUT2D eigenvalue weighted by Gasteiger charge is 2.34. The van der Waals surface area contributed by atoms with Crippen LogP contribution in [0.5, 0.6) is 0 Å². The number of pyridine rings is 1. The molecule has 26 heavy (non-hydrogen) atoms. The van der Waals surface area contributed by atoms with Crippen LogP contribution in [0.25, 0.3) is 10.8 Å². The van der Waals surface area contributed by atoms with Crippen LogP contribution in [0.2, 0.25) is 0 Å². The van der Waals surface area contributed by atoms with E-state index >= 15 is 0 Å². The molecule has 1 aromatic heterocycles. The summed E-state index contributed by atoms with van der Waals surface area (Å²) < 4.78 is 42.2. The van der Waals surface area contributed by atoms with E-state index in [1.54, 1.807) is 24.0 Å². The third-order valence-corrected chi connectivity index (χ3v) is 6.65. The Kier molecular flexibility index (Phi) is 5.22. The largest absolute Gasteiger partial charge is 0.340 e. The Morgan fingerprint density at radius 3 is 2.85 bits per heavy atom. The predicted molar refractivity (Wildman–Crippen MR) is 95.3 cm³/mol. The number of hydrogen-bond acceptors (Lipinski definition) is 5. The molecule has 0 unspecified atom stereocenters. The summed E-state index contributed by atoms with van der Waals surface area (Å²) in [6.45, 7) is 2.58. The van der Waals surface area contributed by atoms with Crippen molar-refractivity contribution in [2.24, 2.45) is 5.73 Å². The molecule has 0 radical (unpaired) electrons. The molecule has 2 N–H and O–H groups in total. The number of halogens is 1. The van der Waals surface area contributed by atoms with Crippen LogP contribution in [0.4, 0.5) is 4.39 Å². The SMILES string of the molecule is C[C@H]1CN(C(=O)CN)CCCN1S(=O)(=O)c1cccc2cncc(F)c12. The van der Waals surface area contributed by atoms with Crippen molar-refractivity contribution in [3.8, 4) is 0 Å². The zero-order valence-electron chi connectivity index (χ0n) is 14.4. The minimum absolute atomic E-state index is 0.0360. The third-order valence-electron chi connectivity index (χ3n) is 4.60. The molecule has 9 heteroatoms. The molecule has 2 aromatic rings. The van der Waals surface area contributed by atoms with Crippen molar-refractivity contribution >= 4 is 26.7 Å². The van der Waals surface area contributed by atoms with Crippen LogP contribution in [0.1, 0.15) is 13.3 Å². The molecule has 1 aliphatic heterocycles. The molecule has 0 saturated carbocycles. The van der Waals surface area contributed by atoms with Gasteiger partial charge in [-0.2, -0.15) is 4.31 Å². The Morgan fingerprint density at radius 2 is 2.12 bits per heavy atom. The van der Waals surface area contributed by atoms with Crippen molar-refractivity contribution in [3.05, 3.63) is 36.4 Å². The summed E-state index contributed by atoms with van der Waals surface area (Å²) >= 11 is 0. The van der Waals surface area contributed by atoms with Crippen LogP contribution in [0.15, 0.2) is 35.5 Å². The molecule has 1 saturated heterocycles. The van der Waals surface area contributed by atoms with Gasteiger partial charge in [0.05, 0.1) is 17.6 Å². The fourth-order valence-electron chi connectivity index (χ4n) is 3.35. The van der Waals surface area contributed by atoms with Gasteiger partial charge in [0.25, 0.3) is 0 Å². The molecule has 2 heterocycles. The fraction of sp³-hybridized carbons (Fsp3) is 0.412. The molecular formula is C17H21FN4O3S. The number of fused-ring (bicyclic) bond motifs is 1. The zero-order chi connectivity index (χ0) is 18.9. The summed E-state index contributed by atoms with van der Waals surface area (Å²) in [6.07, 6.45) is 2.93. The van der Waals surface area contributed by atoms with E-state index in [-0.39, 0.29) is 35.8 Å². The monoisotopic (exact) mass is 380 g/mol. The lowest BCUT2D eigenvalue weighted by Gasteiger charge is -2.28. The van der Waals surface area contributed by atoms with Crippen LogP contribution >= 0.6 is 0 Å². The summed E-state index contributed by atoms with van der Waals surface area (Å²) in [5.41, 5.74) is 5.42. The van der Waals surface area contributed by atoms with Gasteiger partial charge in [0.2, 0.25) is 15.9 Å². The van der Waals surface area contributed by atoms with Crippen molar-refractivity contribution in [3.63, 3.8) is 0 Å². The topological polar surface area (TPSA) is 96.6 Å². The number of nitrogens with zero attached hydrogens (tertiary/aromatic N) is 3. The minimum atomic E-state index is -3.94. The van der Waals surface area contributed by atoms with E-state index in [0.29, 0.717) is 18.4 Å². The summed E-state index contributed by atoms with van der Waals surface area (Å²) in [4.78, 5) is 17.2. The van der Waals surface area contributed by atoms with E-state index < -0.39 is 21.9 Å². The third kappa shape index (κ3) is 3.29. The molecular weight excluding hydrogens is 359 g/mol. The van der Waals surface area contributed by atoms with E-state index in [4.69, 9.17) is 5.73 Å². The van der Waals surface area contributed by atoms with Gasteiger partial charge in [0.15, 0.2) is 5.82 Å². The van der Waals surface area contributed by atoms with Crippen LogP contribution < -0.4 is 5.73 Å². The maximum Gasteiger partial charge on any atom is 0.244 e. The highest BCUT2D eigenvalue weighted by Crippen LogP contribution is 2.29. The molecule has 140 valence electrons. The van der Waals surface area contributed by atoms with Gasteiger partial charge in [-0.25, -0.2) is 12.8 Å². The first-order chi connectivity index (χ1) is 12.4. The Labute approximate surface area is 151 Å². The lowest BCUT2D eigenvalue weighted by atomic mass is 10.2. The second-order valence-electron chi connectivity index (χ2n) is 6.34. The second kappa shape index (κ2) is 7.26. The van der Waals surface area contributed by atoms with Gasteiger partial charge in [0.1, 0.15) is 0 Å². The minimum Gasteiger partial charge on any atom is -0.340 e. The Bertz CT molecular complexity index is 929. The number of hydrogen-bond donors (Lipinski definition) is 1. The molecule has 0 bridgehead atoms. The van der Waals surface area contributed by atoms with E-state index in [0.717, 1.165) is 6.20 Å². The highest BCUT2D eigenvalue weighted by molar-refractivity contribution is 7.89. The van der Waals surface area contributed by atoms with Gasteiger partial charge in [0, 0.05) is 42.6 Å². The maximum absolute atomic E-state index is 14.3. The highest BCUT2D eigenvalue weighted by atomic mass is 32.2. The maximum atomic E-state index is 14.3. The van der Waals surface area contributed by atoms with E-state index in [1.807, 2.05) is 0 Å². The number of rotatable bonds is 3. The zero-order valence-corrected chi connectivity index (χ0v) is 15.2. The average molecular weight is 380 g/mol. The number of amides is 1. The van der Waals surface area contributed by atoms with Gasteiger partial charge >= 0.3 is 0 Å². The normalized spacial score (nSPS) is 19.5. The van der Waals surface area contributed by atoms with Crippen molar-refractivity contribution in [2.75, 3.05) is 26.2 Å². The Morgan fingerprint density at radius 1 is 1.35 bits per heavy atom. The fourth-order valence-corrected chi connectivity index (χ4v) is 5.24. The first-order valence-corrected chi connectivity index (χ1v) is 9.82. The van der Waals surface area contributed by atoms with Crippen LogP contribution in [0.3, 0.4) is 0 Å². The summed E-state index contributed by atoms with van der Waals surface area (Å²) in [5.74, 6) is -0.887. The van der Waals surface area contributed by atoms with Crippen molar-refractivity contribution in [2.45, 2.75) is 24.3 Å². The number of sulfonamides is 1. The van der Waals surface area contributed by atoms with Gasteiger partial charge in [-0.05, 0) is 19.4 Å². The number of benzene rings is 1. The summed E-state index contributed by atoms with van der Waals surface area (Å²) in [6, 6.07) is 4.15. The number of nitrogens with two attached hydrogens (primary N) is 1. The number of aromatic nitrogens is 1. The Hall–Kier alpha value is -2.10. The van der Waals surface area contributed by atoms with E-state index in [2.05, 4.69) is 4.98 Å². The molecule has 1 atom stereocenters. The van der Waals surface area contributed by atoms with Crippen molar-refractivity contribution < 1.29 is 17.6 Å². The molecule has 1 amide bonds. The summed E-state index contributed by atoms with van der Waals surface area (Å²) in [7, 11) is -3.94. The molecule has 1 aromatic carbocycles. The van der Waals surface area contributed by atoms with Crippen LogP contribution in [0, 0.1) is 5.82 Å². The van der Waals surface area contributed by atoms with Crippen LogP contribution in [-0.2, 0) is 14.8 Å². The quantitative estimate of drug-likeness (QED) is 0.855. The average Bonchev–Trinajstić information content (AvgIpc) is 2.83. The second-order valence-corrected chi connectivity index (χ2v) is 8.20. The van der Waals surface area contributed by atoms with Crippen molar-refractivity contribution in [1.82, 2.24) is 14.2 Å². The van der Waals surface area contributed by atoms with Gasteiger partial charge in [-0.3, -0.25) is 9.78 Å². The van der Waals surface area contributed by atoms with Gasteiger partial charge < -0.3 is 10.6 Å². The molecule has 0 spiro atoms. The lowest BCUT2D eigenvalue weighted by Crippen LogP contribution is -2.45. The smallest absolute Gasteiger partial charge is 0.244 e. The van der Waals surface area contributed by atoms with Gasteiger partial charge in [-0.1, -0.05) is 12.1 Å². The Balaban J connectivity index is 2.02. The molecule has 1 fully saturated rings.